The van der Waals surface area contributed by atoms with Crippen molar-refractivity contribution in [2.75, 3.05) is 0 Å². The van der Waals surface area contributed by atoms with Gasteiger partial charge in [0.15, 0.2) is 0 Å². The van der Waals surface area contributed by atoms with Gasteiger partial charge >= 0.3 is 14.2 Å². The number of halogens is 1. The number of rotatable bonds is 4. The van der Waals surface area contributed by atoms with E-state index in [4.69, 9.17) is 18.6 Å². The maximum Gasteiger partial charge on any atom is 0.495 e. The summed E-state index contributed by atoms with van der Waals surface area (Å²) < 4.78 is 40.4. The number of hydrogen-bond donors (Lipinski definition) is 0. The molecule has 0 N–H and O–H groups in total. The fraction of sp³-hybridized carbons (Fsp3) is 0.462. The van der Waals surface area contributed by atoms with E-state index in [-0.39, 0.29) is 5.82 Å². The second-order valence-electron chi connectivity index (χ2n) is 10.9. The van der Waals surface area contributed by atoms with Gasteiger partial charge in [0.25, 0.3) is 0 Å². The van der Waals surface area contributed by atoms with Crippen molar-refractivity contribution in [1.82, 2.24) is 0 Å². The van der Waals surface area contributed by atoms with Crippen LogP contribution in [0.3, 0.4) is 0 Å². The first-order valence-corrected chi connectivity index (χ1v) is 11.5. The SMILES string of the molecule is CC1(C)OB(/C(=C(\B2OC(C)(C)C(C)(C)O2)c2cccc(F)c2)c2ccccc2)OC1(C)C. The molecule has 4 nitrogen and oxygen atoms in total. The van der Waals surface area contributed by atoms with E-state index in [0.717, 1.165) is 11.0 Å². The van der Waals surface area contributed by atoms with Gasteiger partial charge in [-0.1, -0.05) is 42.5 Å². The van der Waals surface area contributed by atoms with Crippen molar-refractivity contribution >= 4 is 25.2 Å². The Bertz CT molecular complexity index is 1030. The van der Waals surface area contributed by atoms with Crippen molar-refractivity contribution in [3.05, 3.63) is 71.5 Å². The Hall–Kier alpha value is -1.92. The molecule has 0 bridgehead atoms. The minimum absolute atomic E-state index is 0.331. The molecule has 174 valence electrons. The lowest BCUT2D eigenvalue weighted by Crippen LogP contribution is -2.41. The van der Waals surface area contributed by atoms with Gasteiger partial charge in [0.1, 0.15) is 5.82 Å². The van der Waals surface area contributed by atoms with Gasteiger partial charge in [-0.05, 0) is 89.6 Å². The molecule has 0 atom stereocenters. The summed E-state index contributed by atoms with van der Waals surface area (Å²) >= 11 is 0. The maximum atomic E-state index is 14.4. The van der Waals surface area contributed by atoms with Crippen LogP contribution in [0.15, 0.2) is 54.6 Å². The lowest BCUT2D eigenvalue weighted by Gasteiger charge is -2.32. The van der Waals surface area contributed by atoms with Gasteiger partial charge < -0.3 is 18.6 Å². The van der Waals surface area contributed by atoms with Crippen LogP contribution in [-0.4, -0.2) is 36.6 Å². The highest BCUT2D eigenvalue weighted by Gasteiger charge is 2.57. The first kappa shape index (κ1) is 24.2. The van der Waals surface area contributed by atoms with E-state index in [1.54, 1.807) is 6.07 Å². The van der Waals surface area contributed by atoms with Crippen LogP contribution in [-0.2, 0) is 18.6 Å². The van der Waals surface area contributed by atoms with Crippen LogP contribution in [0.25, 0.3) is 10.9 Å². The van der Waals surface area contributed by atoms with Crippen LogP contribution in [0, 0.1) is 5.82 Å². The summed E-state index contributed by atoms with van der Waals surface area (Å²) in [6.45, 7) is 16.1. The molecule has 0 radical (unpaired) electrons. The van der Waals surface area contributed by atoms with E-state index in [2.05, 4.69) is 0 Å². The van der Waals surface area contributed by atoms with Crippen molar-refractivity contribution < 1.29 is 23.0 Å². The second-order valence-corrected chi connectivity index (χ2v) is 10.9. The predicted octanol–water partition coefficient (Wildman–Crippen LogP) is 6.00. The largest absolute Gasteiger partial charge is 0.495 e. The quantitative estimate of drug-likeness (QED) is 0.423. The highest BCUT2D eigenvalue weighted by atomic mass is 19.1. The Morgan fingerprint density at radius 3 is 1.39 bits per heavy atom. The van der Waals surface area contributed by atoms with Gasteiger partial charge in [0, 0.05) is 0 Å². The molecule has 2 fully saturated rings. The van der Waals surface area contributed by atoms with Crippen molar-refractivity contribution in [2.45, 2.75) is 77.8 Å². The highest BCUT2D eigenvalue weighted by Crippen LogP contribution is 2.46. The Morgan fingerprint density at radius 1 is 0.576 bits per heavy atom. The van der Waals surface area contributed by atoms with Crippen molar-refractivity contribution in [3.63, 3.8) is 0 Å². The lowest BCUT2D eigenvalue weighted by atomic mass is 9.60. The Balaban J connectivity index is 1.98. The van der Waals surface area contributed by atoms with E-state index in [1.165, 1.54) is 12.1 Å². The van der Waals surface area contributed by atoms with Gasteiger partial charge in [-0.15, -0.1) is 0 Å². The average molecular weight is 450 g/mol. The zero-order valence-electron chi connectivity index (χ0n) is 20.9. The zero-order chi connectivity index (χ0) is 24.2. The molecule has 0 aromatic heterocycles. The van der Waals surface area contributed by atoms with Crippen molar-refractivity contribution in [1.29, 1.82) is 0 Å². The first-order valence-electron chi connectivity index (χ1n) is 11.5. The van der Waals surface area contributed by atoms with Gasteiger partial charge in [-0.3, -0.25) is 0 Å². The third-order valence-electron chi connectivity index (χ3n) is 7.49. The molecule has 7 heteroatoms. The van der Waals surface area contributed by atoms with Crippen LogP contribution >= 0.6 is 0 Å². The van der Waals surface area contributed by atoms with Crippen LogP contribution in [0.5, 0.6) is 0 Å². The van der Waals surface area contributed by atoms with Crippen LogP contribution in [0.2, 0.25) is 0 Å². The van der Waals surface area contributed by atoms with E-state index in [9.17, 15) is 4.39 Å². The standard InChI is InChI=1S/C26H33B2FO4/c1-23(2)24(3,4)31-27(30-23)21(18-13-10-9-11-14-18)22(19-15-12-16-20(29)17-19)28-32-25(5,6)26(7,8)33-28/h9-17H,1-8H3/b22-21-. The average Bonchev–Trinajstić information content (AvgIpc) is 3.05. The molecule has 2 aromatic carbocycles. The molecule has 33 heavy (non-hydrogen) atoms. The van der Waals surface area contributed by atoms with Gasteiger partial charge in [0.2, 0.25) is 0 Å². The Kier molecular flexibility index (Phi) is 5.93. The molecule has 0 saturated carbocycles. The van der Waals surface area contributed by atoms with Crippen LogP contribution in [0.1, 0.15) is 66.5 Å². The topological polar surface area (TPSA) is 36.9 Å². The van der Waals surface area contributed by atoms with Crippen molar-refractivity contribution in [3.8, 4) is 0 Å². The number of hydrogen-bond acceptors (Lipinski definition) is 4. The third kappa shape index (κ3) is 4.32. The van der Waals surface area contributed by atoms with Gasteiger partial charge in [-0.25, -0.2) is 4.39 Å². The fourth-order valence-electron chi connectivity index (χ4n) is 4.03. The molecule has 0 amide bonds. The molecule has 0 spiro atoms. The third-order valence-corrected chi connectivity index (χ3v) is 7.49. The Morgan fingerprint density at radius 2 is 0.970 bits per heavy atom. The minimum Gasteiger partial charge on any atom is -0.399 e. The molecule has 2 heterocycles. The first-order chi connectivity index (χ1) is 15.2. The summed E-state index contributed by atoms with van der Waals surface area (Å²) in [5.41, 5.74) is 0.853. The summed E-state index contributed by atoms with van der Waals surface area (Å²) in [4.78, 5) is 0. The monoisotopic (exact) mass is 450 g/mol. The summed E-state index contributed by atoms with van der Waals surface area (Å²) in [5, 5.41) is 0. The predicted molar refractivity (Wildman–Crippen MR) is 132 cm³/mol. The summed E-state index contributed by atoms with van der Waals surface area (Å²) in [6.07, 6.45) is 0. The smallest absolute Gasteiger partial charge is 0.399 e. The summed E-state index contributed by atoms with van der Waals surface area (Å²) in [5.74, 6) is -0.331. The van der Waals surface area contributed by atoms with E-state index in [0.29, 0.717) is 11.0 Å². The second kappa shape index (κ2) is 8.09. The molecular weight excluding hydrogens is 417 g/mol. The van der Waals surface area contributed by atoms with Gasteiger partial charge in [-0.2, -0.15) is 0 Å². The lowest BCUT2D eigenvalue weighted by molar-refractivity contribution is 0.00578. The summed E-state index contributed by atoms with van der Waals surface area (Å²) in [6, 6.07) is 16.4. The molecule has 2 saturated heterocycles. The molecule has 2 aliphatic rings. The minimum atomic E-state index is -0.731. The molecule has 4 rings (SSSR count). The molecule has 0 unspecified atom stereocenters. The van der Waals surface area contributed by atoms with Crippen molar-refractivity contribution in [2.24, 2.45) is 0 Å². The zero-order valence-corrected chi connectivity index (χ0v) is 20.9. The normalized spacial score (nSPS) is 23.5. The summed E-state index contributed by atoms with van der Waals surface area (Å²) in [7, 11) is -1.42. The molecule has 2 aliphatic heterocycles. The van der Waals surface area contributed by atoms with E-state index >= 15 is 0 Å². The molecular formula is C26H33B2FO4. The fourth-order valence-corrected chi connectivity index (χ4v) is 4.03. The van der Waals surface area contributed by atoms with E-state index < -0.39 is 36.6 Å². The van der Waals surface area contributed by atoms with Crippen LogP contribution in [0.4, 0.5) is 4.39 Å². The highest BCUT2D eigenvalue weighted by molar-refractivity contribution is 6.82. The van der Waals surface area contributed by atoms with Gasteiger partial charge in [0.05, 0.1) is 22.4 Å². The van der Waals surface area contributed by atoms with Crippen LogP contribution < -0.4 is 0 Å². The molecule has 2 aromatic rings. The molecule has 0 aliphatic carbocycles. The maximum absolute atomic E-state index is 14.4. The Labute approximate surface area is 197 Å². The van der Waals surface area contributed by atoms with E-state index in [1.807, 2.05) is 91.8 Å². The number of benzene rings is 2.